The van der Waals surface area contributed by atoms with E-state index in [0.717, 1.165) is 18.5 Å². The van der Waals surface area contributed by atoms with E-state index in [1.807, 2.05) is 19.1 Å². The van der Waals surface area contributed by atoms with E-state index < -0.39 is 42.6 Å². The summed E-state index contributed by atoms with van der Waals surface area (Å²) in [6, 6.07) is 7.14. The maximum atomic E-state index is 11.2. The highest BCUT2D eigenvalue weighted by Gasteiger charge is 2.48. The number of aliphatic hydroxyl groups excluding tert-OH is 3. The highest BCUT2D eigenvalue weighted by Crippen LogP contribution is 2.25. The minimum Gasteiger partial charge on any atom is -0.481 e. The fraction of sp³-hybridized carbons (Fsp3) is 0.619. The third kappa shape index (κ3) is 7.40. The molecule has 11 nitrogen and oxygen atoms in total. The Morgan fingerprint density at radius 2 is 1.72 bits per heavy atom. The lowest BCUT2D eigenvalue weighted by Crippen LogP contribution is -2.61. The number of aliphatic hydroxyl groups is 3. The number of aliphatic carboxylic acids is 2. The second-order valence-corrected chi connectivity index (χ2v) is 7.68. The number of carboxylic acid groups (broad SMARTS) is 2. The Labute approximate surface area is 186 Å². The van der Waals surface area contributed by atoms with Crippen molar-refractivity contribution in [2.24, 2.45) is 0 Å². The molecule has 2 rings (SSSR count). The predicted octanol–water partition coefficient (Wildman–Crippen LogP) is 0.237. The van der Waals surface area contributed by atoms with Gasteiger partial charge < -0.3 is 46.1 Å². The van der Waals surface area contributed by atoms with Gasteiger partial charge in [-0.3, -0.25) is 4.79 Å². The molecule has 1 aliphatic rings. The lowest BCUT2D eigenvalue weighted by atomic mass is 9.99. The zero-order valence-electron chi connectivity index (χ0n) is 18.3. The number of benzene rings is 1. The van der Waals surface area contributed by atoms with E-state index in [-0.39, 0.29) is 18.6 Å². The van der Waals surface area contributed by atoms with Crippen molar-refractivity contribution in [3.63, 3.8) is 0 Å². The van der Waals surface area contributed by atoms with E-state index in [0.29, 0.717) is 18.7 Å². The number of hydrogen-bond acceptors (Lipinski definition) is 9. The highest BCUT2D eigenvalue weighted by atomic mass is 16.7. The molecule has 8 N–H and O–H groups in total. The Kier molecular flexibility index (Phi) is 11.0. The van der Waals surface area contributed by atoms with Crippen molar-refractivity contribution in [1.82, 2.24) is 11.1 Å². The first-order chi connectivity index (χ1) is 14.6. The van der Waals surface area contributed by atoms with Crippen LogP contribution in [0.4, 0.5) is 0 Å². The van der Waals surface area contributed by atoms with Crippen LogP contribution in [0.25, 0.3) is 0 Å². The maximum Gasteiger partial charge on any atom is 0.335 e. The molecule has 0 spiro atoms. The lowest BCUT2D eigenvalue weighted by molar-refractivity contribution is -0.271. The Bertz CT molecular complexity index is 730. The van der Waals surface area contributed by atoms with Gasteiger partial charge >= 0.3 is 11.9 Å². The molecule has 1 unspecified atom stereocenters. The molecule has 11 heteroatoms. The lowest BCUT2D eigenvalue weighted by Gasteiger charge is -2.38. The quantitative estimate of drug-likeness (QED) is 0.266. The molecule has 1 fully saturated rings. The third-order valence-corrected chi connectivity index (χ3v) is 5.39. The molecule has 0 aliphatic carbocycles. The summed E-state index contributed by atoms with van der Waals surface area (Å²) in [5.74, 6) is -1.97. The summed E-state index contributed by atoms with van der Waals surface area (Å²) in [7, 11) is 0. The van der Waals surface area contributed by atoms with E-state index in [1.54, 1.807) is 12.1 Å². The normalized spacial score (nSPS) is 26.2. The third-order valence-electron chi connectivity index (χ3n) is 5.39. The van der Waals surface area contributed by atoms with Gasteiger partial charge in [-0.25, -0.2) is 4.79 Å². The first-order valence-electron chi connectivity index (χ1n) is 10.3. The summed E-state index contributed by atoms with van der Waals surface area (Å²) < 4.78 is 10.6. The van der Waals surface area contributed by atoms with Crippen LogP contribution in [0.2, 0.25) is 0 Å². The molecule has 32 heavy (non-hydrogen) atoms. The molecule has 1 saturated heterocycles. The van der Waals surface area contributed by atoms with Gasteiger partial charge in [0.15, 0.2) is 6.10 Å². The van der Waals surface area contributed by atoms with Crippen molar-refractivity contribution in [3.05, 3.63) is 29.8 Å². The van der Waals surface area contributed by atoms with Gasteiger partial charge in [0.2, 0.25) is 6.29 Å². The maximum absolute atomic E-state index is 11.2. The fourth-order valence-electron chi connectivity index (χ4n) is 3.58. The van der Waals surface area contributed by atoms with Crippen molar-refractivity contribution in [2.45, 2.75) is 69.9 Å². The molecule has 6 atom stereocenters. The zero-order valence-corrected chi connectivity index (χ0v) is 18.3. The molecule has 0 amide bonds. The second-order valence-electron chi connectivity index (χ2n) is 7.68. The van der Waals surface area contributed by atoms with Crippen molar-refractivity contribution in [2.75, 3.05) is 13.1 Å². The van der Waals surface area contributed by atoms with Gasteiger partial charge in [-0.1, -0.05) is 19.1 Å². The second kappa shape index (κ2) is 12.7. The van der Waals surface area contributed by atoms with Gasteiger partial charge in [-0.2, -0.15) is 0 Å². The van der Waals surface area contributed by atoms with E-state index in [1.165, 1.54) is 0 Å². The van der Waals surface area contributed by atoms with E-state index in [2.05, 4.69) is 11.8 Å². The average Bonchev–Trinajstić information content (AvgIpc) is 2.72. The summed E-state index contributed by atoms with van der Waals surface area (Å²) >= 11 is 0. The van der Waals surface area contributed by atoms with Crippen LogP contribution >= 0.6 is 0 Å². The summed E-state index contributed by atoms with van der Waals surface area (Å²) in [6.45, 7) is 5.60. The summed E-state index contributed by atoms with van der Waals surface area (Å²) in [4.78, 5) is 24.1. The van der Waals surface area contributed by atoms with Crippen LogP contribution in [0, 0.1) is 0 Å². The molecule has 0 bridgehead atoms. The molecule has 1 aromatic carbocycles. The van der Waals surface area contributed by atoms with Crippen LogP contribution in [0.1, 0.15) is 32.3 Å². The molecule has 0 aromatic heterocycles. The van der Waals surface area contributed by atoms with Gasteiger partial charge in [-0.05, 0) is 50.6 Å². The number of rotatable bonds is 11. The number of nitrogens with zero attached hydrogens (tertiary/aromatic N) is 1. The van der Waals surface area contributed by atoms with Crippen LogP contribution in [0.5, 0.6) is 5.75 Å². The van der Waals surface area contributed by atoms with Gasteiger partial charge in [-0.15, -0.1) is 0 Å². The van der Waals surface area contributed by atoms with Crippen LogP contribution < -0.4 is 10.9 Å². The predicted molar refractivity (Wildman–Crippen MR) is 114 cm³/mol. The molecule has 1 aromatic rings. The van der Waals surface area contributed by atoms with Gasteiger partial charge in [0.25, 0.3) is 0 Å². The van der Waals surface area contributed by atoms with Gasteiger partial charge in [0.1, 0.15) is 24.1 Å². The first kappa shape index (κ1) is 27.8. The molecule has 1 aliphatic heterocycles. The Hall–Kier alpha value is -2.28. The standard InChI is InChI=1S/C21H31NO9.H3N/c1-3-22(10-4-5-15(23)24)12(2)11-13-6-8-14(9-7-13)30-21-18(27)16(25)17(26)19(31-21)20(28)29;/h6-9,12,16-19,21,25-27H,3-5,10-11H2,1-2H3,(H,23,24)(H,28,29);1H3/t12?,16-,17-,18+,19-,21+;/m0./s1. The number of likely N-dealkylation sites (N-methyl/N-ethyl adjacent to an activating group) is 1. The first-order valence-corrected chi connectivity index (χ1v) is 10.3. The average molecular weight is 459 g/mol. The number of ether oxygens (including phenoxy) is 2. The largest absolute Gasteiger partial charge is 0.481 e. The smallest absolute Gasteiger partial charge is 0.335 e. The topological polar surface area (TPSA) is 192 Å². The van der Waals surface area contributed by atoms with Crippen molar-refractivity contribution >= 4 is 11.9 Å². The molecular formula is C21H34N2O9. The van der Waals surface area contributed by atoms with Crippen LogP contribution in [-0.2, 0) is 20.7 Å². The van der Waals surface area contributed by atoms with Gasteiger partial charge in [0.05, 0.1) is 0 Å². The van der Waals surface area contributed by atoms with E-state index >= 15 is 0 Å². The Morgan fingerprint density at radius 1 is 1.09 bits per heavy atom. The number of carboxylic acids is 2. The minimum absolute atomic E-state index is 0. The van der Waals surface area contributed by atoms with Crippen LogP contribution in [0.15, 0.2) is 24.3 Å². The number of hydrogen-bond donors (Lipinski definition) is 6. The van der Waals surface area contributed by atoms with E-state index in [9.17, 15) is 24.9 Å². The zero-order chi connectivity index (χ0) is 23.1. The molecule has 0 radical (unpaired) electrons. The monoisotopic (exact) mass is 458 g/mol. The highest BCUT2D eigenvalue weighted by molar-refractivity contribution is 5.73. The summed E-state index contributed by atoms with van der Waals surface area (Å²) in [5.41, 5.74) is 1.01. The minimum atomic E-state index is -1.77. The van der Waals surface area contributed by atoms with Crippen molar-refractivity contribution < 1.29 is 44.6 Å². The SMILES string of the molecule is CCN(CCCC(=O)O)C(C)Cc1ccc(O[C@@H]2O[C@H](C(=O)O)[C@@H](O)[C@H](O)[C@H]2O)cc1.N. The molecule has 1 heterocycles. The van der Waals surface area contributed by atoms with Crippen molar-refractivity contribution in [1.29, 1.82) is 0 Å². The molecule has 0 saturated carbocycles. The molecular weight excluding hydrogens is 424 g/mol. The number of carbonyl (C=O) groups is 2. The summed E-state index contributed by atoms with van der Waals surface area (Å²) in [5, 5.41) is 47.5. The van der Waals surface area contributed by atoms with E-state index in [4.69, 9.17) is 19.7 Å². The molecule has 182 valence electrons. The van der Waals surface area contributed by atoms with Crippen LogP contribution in [0.3, 0.4) is 0 Å². The van der Waals surface area contributed by atoms with Crippen molar-refractivity contribution in [3.8, 4) is 5.75 Å². The summed E-state index contributed by atoms with van der Waals surface area (Å²) in [6.07, 6.45) is -6.82. The van der Waals surface area contributed by atoms with Gasteiger partial charge in [0, 0.05) is 12.5 Å². The Morgan fingerprint density at radius 3 is 2.25 bits per heavy atom. The Balaban J connectivity index is 0.00000512. The van der Waals surface area contributed by atoms with Crippen LogP contribution in [-0.4, -0.2) is 92.2 Å². The fourth-order valence-corrected chi connectivity index (χ4v) is 3.58.